The Hall–Kier alpha value is -5.65. The predicted octanol–water partition coefficient (Wildman–Crippen LogP) is 3.10. The van der Waals surface area contributed by atoms with Crippen LogP contribution in [0.5, 0.6) is 5.75 Å². The molecule has 2 saturated carbocycles. The normalized spacial score (nSPS) is 25.9. The van der Waals surface area contributed by atoms with Gasteiger partial charge >= 0.3 is 5.97 Å². The van der Waals surface area contributed by atoms with Gasteiger partial charge in [-0.25, -0.2) is 8.42 Å². The first-order valence-electron chi connectivity index (χ1n) is 20.5. The zero-order valence-electron chi connectivity index (χ0n) is 34.2. The topological polar surface area (TPSA) is 221 Å². The van der Waals surface area contributed by atoms with Gasteiger partial charge in [-0.2, -0.15) is 4.80 Å². The van der Waals surface area contributed by atoms with Crippen LogP contribution in [0.4, 0.5) is 0 Å². The molecular weight excluding hydrogens is 793 g/mol. The number of allylic oxidation sites excluding steroid dienone is 1. The Kier molecular flexibility index (Phi) is 12.1. The second-order valence-electron chi connectivity index (χ2n) is 17.0. The fourth-order valence-corrected chi connectivity index (χ4v) is 9.20. The third-order valence-electron chi connectivity index (χ3n) is 11.3. The molecule has 320 valence electrons. The average molecular weight is 845 g/mol. The van der Waals surface area contributed by atoms with Crippen molar-refractivity contribution in [1.82, 2.24) is 40.5 Å². The molecule has 4 aliphatic rings. The van der Waals surface area contributed by atoms with Crippen molar-refractivity contribution < 1.29 is 41.9 Å². The molecule has 3 aromatic rings. The summed E-state index contributed by atoms with van der Waals surface area (Å²) in [6, 6.07) is 12.5. The Balaban J connectivity index is 1.21. The lowest BCUT2D eigenvalue weighted by molar-refractivity contribution is -0.159. The zero-order valence-corrected chi connectivity index (χ0v) is 35.0. The van der Waals surface area contributed by atoms with Crippen LogP contribution in [0.25, 0.3) is 11.4 Å². The number of rotatable bonds is 10. The van der Waals surface area contributed by atoms with Crippen LogP contribution in [0.2, 0.25) is 0 Å². The van der Waals surface area contributed by atoms with Crippen LogP contribution in [0.3, 0.4) is 0 Å². The number of esters is 1. The fraction of sp³-hybridized carbons (Fsp3) is 0.524. The van der Waals surface area contributed by atoms with Crippen LogP contribution < -0.4 is 20.1 Å². The number of hydrogen-bond acceptors (Lipinski definition) is 12. The van der Waals surface area contributed by atoms with E-state index in [2.05, 4.69) is 30.8 Å². The molecule has 7 rings (SSSR count). The number of ether oxygens (including phenoxy) is 2. The standard InChI is InChI=1S/C42H52N8O9S/c1-41(2,3)59-39(54)34(26-13-9-8-10-14-26)37(52)43-32-16-12-7-5-6-11-15-28-24-42(28,40(55)47-60(56,57)31-21-22-31)44-36(51)33-23-29(25-49(33)38(32)53)50-46-35(45-48-50)27-17-19-30(58-4)20-18-27/h8-11,13-15,17-20,28-29,31-34H,5-7,12,16,21-25H2,1-4H3,(H,43,52)(H,44,51)(H,47,55)/b15-11+/t28?,29-,32+,33+,34+,42-/m1/s1. The largest absolute Gasteiger partial charge is 0.497 e. The molecule has 3 fully saturated rings. The van der Waals surface area contributed by atoms with Crippen molar-refractivity contribution in [3.63, 3.8) is 0 Å². The Morgan fingerprint density at radius 1 is 0.983 bits per heavy atom. The van der Waals surface area contributed by atoms with Crippen LogP contribution in [0, 0.1) is 5.92 Å². The molecule has 0 spiro atoms. The van der Waals surface area contributed by atoms with E-state index in [1.54, 1.807) is 82.5 Å². The quantitative estimate of drug-likeness (QED) is 0.152. The third kappa shape index (κ3) is 9.53. The van der Waals surface area contributed by atoms with Gasteiger partial charge in [0.2, 0.25) is 33.6 Å². The van der Waals surface area contributed by atoms with E-state index in [0.29, 0.717) is 54.8 Å². The molecule has 2 aromatic carbocycles. The first-order valence-corrected chi connectivity index (χ1v) is 22.0. The molecule has 6 atom stereocenters. The molecule has 2 aliphatic carbocycles. The zero-order chi connectivity index (χ0) is 42.8. The number of fused-ring (bicyclic) bond motifs is 2. The van der Waals surface area contributed by atoms with E-state index in [1.165, 1.54) is 9.70 Å². The van der Waals surface area contributed by atoms with E-state index in [0.717, 1.165) is 6.42 Å². The van der Waals surface area contributed by atoms with Gasteiger partial charge in [0.15, 0.2) is 5.92 Å². The third-order valence-corrected chi connectivity index (χ3v) is 13.1. The number of aromatic nitrogens is 4. The summed E-state index contributed by atoms with van der Waals surface area (Å²) >= 11 is 0. The SMILES string of the molecule is COc1ccc(-c2nnn([C@@H]3C[C@H]4C(=O)N[C@]5(C(=O)NS(=O)(=O)C6CC6)CC5/C=C/CCCCC[C@H](NC(=O)[C@@H](C(=O)OC(C)(C)C)c5ccccc5)C(=O)N4C3)n2)cc1. The number of tetrazole rings is 1. The van der Waals surface area contributed by atoms with Gasteiger partial charge in [0.25, 0.3) is 5.91 Å². The number of hydrogen-bond donors (Lipinski definition) is 3. The van der Waals surface area contributed by atoms with Gasteiger partial charge in [0.1, 0.15) is 29.0 Å². The second-order valence-corrected chi connectivity index (χ2v) is 19.0. The van der Waals surface area contributed by atoms with E-state index in [-0.39, 0.29) is 25.8 Å². The maximum atomic E-state index is 14.9. The second kappa shape index (κ2) is 17.1. The average Bonchev–Trinajstić information content (AvgIpc) is 4.08. The summed E-state index contributed by atoms with van der Waals surface area (Å²) < 4.78 is 39.0. The summed E-state index contributed by atoms with van der Waals surface area (Å²) in [6.07, 6.45) is 7.64. The molecule has 60 heavy (non-hydrogen) atoms. The Morgan fingerprint density at radius 3 is 2.40 bits per heavy atom. The lowest BCUT2D eigenvalue weighted by Crippen LogP contribution is -2.58. The van der Waals surface area contributed by atoms with Crippen molar-refractivity contribution in [2.75, 3.05) is 13.7 Å². The number of amides is 4. The number of carbonyl (C=O) groups is 5. The minimum absolute atomic E-state index is 0.0137. The predicted molar refractivity (Wildman–Crippen MR) is 217 cm³/mol. The first kappa shape index (κ1) is 42.5. The number of nitrogens with zero attached hydrogens (tertiary/aromatic N) is 5. The minimum Gasteiger partial charge on any atom is -0.497 e. The highest BCUT2D eigenvalue weighted by Crippen LogP contribution is 2.46. The van der Waals surface area contributed by atoms with Crippen molar-refractivity contribution in [2.45, 2.75) is 119 Å². The van der Waals surface area contributed by atoms with Crippen LogP contribution in [-0.4, -0.2) is 105 Å². The van der Waals surface area contributed by atoms with Crippen molar-refractivity contribution in [2.24, 2.45) is 5.92 Å². The minimum atomic E-state index is -3.94. The summed E-state index contributed by atoms with van der Waals surface area (Å²) in [5.41, 5.74) is -1.41. The van der Waals surface area contributed by atoms with Crippen LogP contribution in [0.1, 0.15) is 96.1 Å². The Labute approximate surface area is 349 Å². The smallest absolute Gasteiger partial charge is 0.323 e. The summed E-state index contributed by atoms with van der Waals surface area (Å²) in [4.78, 5) is 73.9. The van der Waals surface area contributed by atoms with Crippen LogP contribution in [-0.2, 0) is 38.7 Å². The molecule has 0 radical (unpaired) electrons. The highest BCUT2D eigenvalue weighted by Gasteiger charge is 2.62. The van der Waals surface area contributed by atoms with Crippen molar-refractivity contribution in [3.05, 3.63) is 72.3 Å². The van der Waals surface area contributed by atoms with E-state index >= 15 is 0 Å². The Morgan fingerprint density at radius 2 is 1.72 bits per heavy atom. The highest BCUT2D eigenvalue weighted by molar-refractivity contribution is 7.91. The first-order chi connectivity index (χ1) is 28.6. The van der Waals surface area contributed by atoms with Crippen molar-refractivity contribution in [1.29, 1.82) is 0 Å². The summed E-state index contributed by atoms with van der Waals surface area (Å²) in [6.45, 7) is 5.04. The molecule has 3 N–H and O–H groups in total. The molecule has 3 heterocycles. The van der Waals surface area contributed by atoms with Gasteiger partial charge < -0.3 is 25.0 Å². The van der Waals surface area contributed by atoms with Gasteiger partial charge in [-0.1, -0.05) is 55.3 Å². The number of nitrogens with one attached hydrogen (secondary N) is 3. The van der Waals surface area contributed by atoms with E-state index in [1.807, 2.05) is 12.2 Å². The van der Waals surface area contributed by atoms with Crippen LogP contribution in [0.15, 0.2) is 66.7 Å². The van der Waals surface area contributed by atoms with Gasteiger partial charge in [-0.05, 0) is 94.3 Å². The number of carbonyl (C=O) groups excluding carboxylic acids is 5. The molecule has 4 amide bonds. The lowest BCUT2D eigenvalue weighted by atomic mass is 9.96. The van der Waals surface area contributed by atoms with E-state index in [9.17, 15) is 32.4 Å². The van der Waals surface area contributed by atoms with E-state index < -0.39 is 86.0 Å². The summed E-state index contributed by atoms with van der Waals surface area (Å²) in [5, 5.41) is 18.2. The molecule has 17 nitrogen and oxygen atoms in total. The molecule has 1 saturated heterocycles. The lowest BCUT2D eigenvalue weighted by Gasteiger charge is -2.31. The summed E-state index contributed by atoms with van der Waals surface area (Å²) in [7, 11) is -2.38. The monoisotopic (exact) mass is 844 g/mol. The molecule has 2 aliphatic heterocycles. The van der Waals surface area contributed by atoms with Crippen LogP contribution >= 0.6 is 0 Å². The number of sulfonamides is 1. The van der Waals surface area contributed by atoms with Gasteiger partial charge in [0, 0.05) is 24.4 Å². The number of benzene rings is 2. The van der Waals surface area contributed by atoms with Gasteiger partial charge in [-0.3, -0.25) is 28.7 Å². The number of methoxy groups -OCH3 is 1. The fourth-order valence-electron chi connectivity index (χ4n) is 7.84. The van der Waals surface area contributed by atoms with E-state index in [4.69, 9.17) is 9.47 Å². The maximum absolute atomic E-state index is 14.9. The molecular formula is C42H52N8O9S. The van der Waals surface area contributed by atoms with Crippen molar-refractivity contribution >= 4 is 39.6 Å². The highest BCUT2D eigenvalue weighted by atomic mass is 32.2. The van der Waals surface area contributed by atoms with Gasteiger partial charge in [-0.15, -0.1) is 10.2 Å². The molecule has 18 heteroatoms. The molecule has 1 unspecified atom stereocenters. The maximum Gasteiger partial charge on any atom is 0.323 e. The summed E-state index contributed by atoms with van der Waals surface area (Å²) in [5.74, 6) is -4.51. The van der Waals surface area contributed by atoms with Crippen molar-refractivity contribution in [3.8, 4) is 17.1 Å². The molecule has 1 aromatic heterocycles. The Bertz CT molecular complexity index is 2240. The van der Waals surface area contributed by atoms with Gasteiger partial charge in [0.05, 0.1) is 18.4 Å². The molecule has 0 bridgehead atoms.